The van der Waals surface area contributed by atoms with Crippen molar-refractivity contribution >= 4 is 52.4 Å². The van der Waals surface area contributed by atoms with Crippen molar-refractivity contribution in [2.24, 2.45) is 5.73 Å². The van der Waals surface area contributed by atoms with Crippen molar-refractivity contribution in [3.8, 4) is 5.75 Å². The Hall–Kier alpha value is -2.56. The molecule has 30 heavy (non-hydrogen) atoms. The second-order valence-electron chi connectivity index (χ2n) is 6.14. The number of carbonyl (C=O) groups excluding carboxylic acids is 2. The predicted molar refractivity (Wildman–Crippen MR) is 121 cm³/mol. The fraction of sp³-hybridized carbons (Fsp3) is 0.200. The van der Waals surface area contributed by atoms with Crippen LogP contribution >= 0.6 is 34.9 Å². The van der Waals surface area contributed by atoms with E-state index in [1.54, 1.807) is 19.1 Å². The van der Waals surface area contributed by atoms with Gasteiger partial charge in [-0.25, -0.2) is 0 Å². The molecule has 0 radical (unpaired) electrons. The lowest BCUT2D eigenvalue weighted by molar-refractivity contribution is -0.116. The summed E-state index contributed by atoms with van der Waals surface area (Å²) in [6.45, 7) is 2.29. The second kappa shape index (κ2) is 11.0. The highest BCUT2D eigenvalue weighted by Crippen LogP contribution is 2.31. The zero-order chi connectivity index (χ0) is 21.3. The van der Waals surface area contributed by atoms with Gasteiger partial charge in [0.15, 0.2) is 8.68 Å². The summed E-state index contributed by atoms with van der Waals surface area (Å²) in [5.41, 5.74) is 6.90. The Balaban J connectivity index is 1.47. The molecule has 0 aliphatic rings. The minimum atomic E-state index is -0.409. The lowest BCUT2D eigenvalue weighted by Gasteiger charge is -2.11. The normalized spacial score (nSPS) is 11.6. The summed E-state index contributed by atoms with van der Waals surface area (Å²) in [6.07, 6.45) is 0. The third-order valence-corrected chi connectivity index (χ3v) is 7.01. The lowest BCUT2D eigenvalue weighted by atomic mass is 10.2. The predicted octanol–water partition coefficient (Wildman–Crippen LogP) is 3.81. The minimum Gasteiger partial charge on any atom is -0.489 e. The second-order valence-corrected chi connectivity index (χ2v) is 9.92. The van der Waals surface area contributed by atoms with Gasteiger partial charge in [0.1, 0.15) is 12.4 Å². The first-order chi connectivity index (χ1) is 14.5. The summed E-state index contributed by atoms with van der Waals surface area (Å²) in [7, 11) is 0. The molecule has 2 aromatic carbocycles. The van der Waals surface area contributed by atoms with E-state index in [4.69, 9.17) is 10.5 Å². The number of thioether (sulfide) groups is 2. The van der Waals surface area contributed by atoms with Crippen molar-refractivity contribution in [3.05, 3.63) is 60.2 Å². The number of hydrogen-bond acceptors (Lipinski definition) is 8. The Morgan fingerprint density at radius 2 is 1.80 bits per heavy atom. The monoisotopic (exact) mass is 460 g/mol. The Kier molecular flexibility index (Phi) is 8.12. The van der Waals surface area contributed by atoms with E-state index >= 15 is 0 Å². The number of aromatic nitrogens is 2. The van der Waals surface area contributed by atoms with E-state index < -0.39 is 5.91 Å². The van der Waals surface area contributed by atoms with Gasteiger partial charge in [0, 0.05) is 5.69 Å². The van der Waals surface area contributed by atoms with E-state index in [-0.39, 0.29) is 16.9 Å². The smallest absolute Gasteiger partial charge is 0.237 e. The van der Waals surface area contributed by atoms with Gasteiger partial charge in [-0.15, -0.1) is 10.2 Å². The van der Waals surface area contributed by atoms with E-state index in [1.165, 1.54) is 34.9 Å². The maximum Gasteiger partial charge on any atom is 0.237 e. The summed E-state index contributed by atoms with van der Waals surface area (Å²) >= 11 is 3.88. The van der Waals surface area contributed by atoms with Crippen molar-refractivity contribution in [1.29, 1.82) is 0 Å². The lowest BCUT2D eigenvalue weighted by Crippen LogP contribution is -2.22. The molecule has 0 aliphatic heterocycles. The number of ether oxygens (including phenoxy) is 1. The average Bonchev–Trinajstić information content (AvgIpc) is 3.20. The largest absolute Gasteiger partial charge is 0.489 e. The zero-order valence-corrected chi connectivity index (χ0v) is 18.6. The third kappa shape index (κ3) is 7.05. The van der Waals surface area contributed by atoms with Crippen LogP contribution in [0.25, 0.3) is 0 Å². The number of nitrogens with one attached hydrogen (secondary N) is 1. The fourth-order valence-electron chi connectivity index (χ4n) is 2.26. The first-order valence-electron chi connectivity index (χ1n) is 8.98. The molecule has 0 aliphatic carbocycles. The van der Waals surface area contributed by atoms with E-state index in [9.17, 15) is 9.59 Å². The molecule has 3 N–H and O–H groups in total. The summed E-state index contributed by atoms with van der Waals surface area (Å²) in [4.78, 5) is 23.3. The van der Waals surface area contributed by atoms with E-state index in [2.05, 4.69) is 15.5 Å². The molecule has 0 saturated heterocycles. The van der Waals surface area contributed by atoms with E-state index in [1.807, 2.05) is 42.5 Å². The number of benzene rings is 2. The number of hydrogen-bond donors (Lipinski definition) is 2. The molecular formula is C20H20N4O3S3. The first kappa shape index (κ1) is 22.1. The molecule has 1 atom stereocenters. The van der Waals surface area contributed by atoms with Gasteiger partial charge < -0.3 is 15.8 Å². The van der Waals surface area contributed by atoms with E-state index in [0.29, 0.717) is 21.0 Å². The maximum atomic E-state index is 12.5. The topological polar surface area (TPSA) is 107 Å². The number of rotatable bonds is 10. The molecule has 0 fully saturated rings. The number of nitrogens with two attached hydrogens (primary N) is 1. The quantitative estimate of drug-likeness (QED) is 0.443. The zero-order valence-electron chi connectivity index (χ0n) is 16.1. The summed E-state index contributed by atoms with van der Waals surface area (Å²) in [6, 6.07) is 17.2. The molecule has 2 amide bonds. The van der Waals surface area contributed by atoms with Crippen molar-refractivity contribution < 1.29 is 14.3 Å². The Labute approximate surface area is 186 Å². The van der Waals surface area contributed by atoms with Crippen molar-refractivity contribution in [3.63, 3.8) is 0 Å². The number of amides is 2. The Bertz CT molecular complexity index is 980. The molecule has 1 heterocycles. The average molecular weight is 461 g/mol. The number of primary amides is 1. The number of nitrogens with zero attached hydrogens (tertiary/aromatic N) is 2. The number of anilines is 1. The van der Waals surface area contributed by atoms with Gasteiger partial charge in [0.25, 0.3) is 0 Å². The van der Waals surface area contributed by atoms with Crippen molar-refractivity contribution in [1.82, 2.24) is 10.2 Å². The maximum absolute atomic E-state index is 12.5. The SMILES string of the molecule is CC(Sc1nnc(SCC(N)=O)s1)C(=O)Nc1ccc(OCc2ccccc2)cc1. The van der Waals surface area contributed by atoms with Gasteiger partial charge in [0.2, 0.25) is 11.8 Å². The Morgan fingerprint density at radius 3 is 2.50 bits per heavy atom. The van der Waals surface area contributed by atoms with Crippen LogP contribution in [-0.2, 0) is 16.2 Å². The molecule has 10 heteroatoms. The molecule has 7 nitrogen and oxygen atoms in total. The van der Waals surface area contributed by atoms with Crippen LogP contribution < -0.4 is 15.8 Å². The molecule has 0 bridgehead atoms. The van der Waals surface area contributed by atoms with Crippen LogP contribution in [0.15, 0.2) is 63.3 Å². The number of carbonyl (C=O) groups is 2. The van der Waals surface area contributed by atoms with Crippen LogP contribution in [0, 0.1) is 0 Å². The fourth-order valence-corrected chi connectivity index (χ4v) is 5.16. The first-order valence-corrected chi connectivity index (χ1v) is 11.7. The van der Waals surface area contributed by atoms with Gasteiger partial charge in [-0.1, -0.05) is 65.2 Å². The third-order valence-electron chi connectivity index (χ3n) is 3.74. The standard InChI is InChI=1S/C20H20N4O3S3/c1-13(29-20-24-23-19(30-20)28-12-17(21)25)18(26)22-15-7-9-16(10-8-15)27-11-14-5-3-2-4-6-14/h2-10,13H,11-12H2,1H3,(H2,21,25)(H,22,26). The van der Waals surface area contributed by atoms with Crippen LogP contribution in [-0.4, -0.2) is 33.0 Å². The van der Waals surface area contributed by atoms with Gasteiger partial charge in [-0.3, -0.25) is 9.59 Å². The summed E-state index contributed by atoms with van der Waals surface area (Å²) < 4.78 is 7.06. The molecule has 1 aromatic heterocycles. The van der Waals surface area contributed by atoms with Crippen LogP contribution in [0.5, 0.6) is 5.75 Å². The molecule has 156 valence electrons. The van der Waals surface area contributed by atoms with E-state index in [0.717, 1.165) is 11.3 Å². The highest BCUT2D eigenvalue weighted by Gasteiger charge is 2.17. The van der Waals surface area contributed by atoms with Crippen LogP contribution in [0.2, 0.25) is 0 Å². The molecule has 3 rings (SSSR count). The molecule has 0 saturated carbocycles. The van der Waals surface area contributed by atoms with Gasteiger partial charge in [-0.05, 0) is 36.8 Å². The van der Waals surface area contributed by atoms with Gasteiger partial charge >= 0.3 is 0 Å². The van der Waals surface area contributed by atoms with Crippen LogP contribution in [0.1, 0.15) is 12.5 Å². The van der Waals surface area contributed by atoms with Crippen molar-refractivity contribution in [2.75, 3.05) is 11.1 Å². The minimum absolute atomic E-state index is 0.139. The Morgan fingerprint density at radius 1 is 1.10 bits per heavy atom. The highest BCUT2D eigenvalue weighted by molar-refractivity contribution is 8.04. The summed E-state index contributed by atoms with van der Waals surface area (Å²) in [5, 5.41) is 10.6. The van der Waals surface area contributed by atoms with Gasteiger partial charge in [0.05, 0.1) is 11.0 Å². The molecule has 3 aromatic rings. The van der Waals surface area contributed by atoms with Crippen LogP contribution in [0.4, 0.5) is 5.69 Å². The van der Waals surface area contributed by atoms with Gasteiger partial charge in [-0.2, -0.15) is 0 Å². The molecule has 0 spiro atoms. The van der Waals surface area contributed by atoms with Crippen molar-refractivity contribution in [2.45, 2.75) is 27.5 Å². The molecular weight excluding hydrogens is 440 g/mol. The molecule has 1 unspecified atom stereocenters. The highest BCUT2D eigenvalue weighted by atomic mass is 32.2. The van der Waals surface area contributed by atoms with Crippen LogP contribution in [0.3, 0.4) is 0 Å². The summed E-state index contributed by atoms with van der Waals surface area (Å²) in [5.74, 6) is 0.336.